The van der Waals surface area contributed by atoms with Crippen LogP contribution in [0.4, 0.5) is 27.5 Å². The van der Waals surface area contributed by atoms with Crippen LogP contribution in [0, 0.1) is 0 Å². The highest BCUT2D eigenvalue weighted by molar-refractivity contribution is 7.92. The molecule has 0 unspecified atom stereocenters. The average molecular weight is 574 g/mol. The third-order valence-electron chi connectivity index (χ3n) is 6.00. The number of anilines is 4. The van der Waals surface area contributed by atoms with Crippen LogP contribution in [0.2, 0.25) is 0 Å². The van der Waals surface area contributed by atoms with E-state index in [2.05, 4.69) is 20.7 Å². The molecule has 3 amide bonds. The van der Waals surface area contributed by atoms with Gasteiger partial charge in [-0.1, -0.05) is 42.5 Å². The van der Waals surface area contributed by atoms with Crippen LogP contribution in [0.1, 0.15) is 15.9 Å². The van der Waals surface area contributed by atoms with Gasteiger partial charge in [-0.25, -0.2) is 13.2 Å². The molecule has 0 saturated carbocycles. The van der Waals surface area contributed by atoms with E-state index < -0.39 is 22.0 Å². The van der Waals surface area contributed by atoms with Crippen molar-refractivity contribution in [1.82, 2.24) is 5.32 Å². The normalized spacial score (nSPS) is 10.8. The van der Waals surface area contributed by atoms with E-state index >= 15 is 0 Å². The van der Waals surface area contributed by atoms with Gasteiger partial charge in [-0.3, -0.25) is 9.52 Å². The minimum Gasteiger partial charge on any atom is -0.495 e. The van der Waals surface area contributed by atoms with Gasteiger partial charge in [0.25, 0.3) is 15.9 Å². The molecule has 0 bridgehead atoms. The number of hydrogen-bond acceptors (Lipinski definition) is 6. The number of nitrogens with one attached hydrogen (secondary N) is 4. The number of urea groups is 1. The Morgan fingerprint density at radius 2 is 1.44 bits per heavy atom. The third-order valence-corrected chi connectivity index (χ3v) is 7.41. The summed E-state index contributed by atoms with van der Waals surface area (Å²) >= 11 is 0. The lowest BCUT2D eigenvalue weighted by molar-refractivity contribution is 0.0950. The molecule has 4 aromatic rings. The van der Waals surface area contributed by atoms with Crippen molar-refractivity contribution < 1.29 is 22.7 Å². The maximum atomic E-state index is 13.4. The van der Waals surface area contributed by atoms with Crippen LogP contribution >= 0.6 is 0 Å². The molecular weight excluding hydrogens is 542 g/mol. The molecular formula is C30H31N5O5S. The number of benzene rings is 4. The van der Waals surface area contributed by atoms with Gasteiger partial charge in [-0.2, -0.15) is 0 Å². The number of sulfonamides is 1. The zero-order chi connectivity index (χ0) is 29.4. The Labute approximate surface area is 239 Å². The zero-order valence-electron chi connectivity index (χ0n) is 22.8. The minimum atomic E-state index is -4.17. The highest BCUT2D eigenvalue weighted by atomic mass is 32.2. The topological polar surface area (TPSA) is 129 Å². The van der Waals surface area contributed by atoms with Gasteiger partial charge in [0.1, 0.15) is 10.6 Å². The SMILES string of the molecule is COc1ccc(C(=O)NCc2ccccc2)cc1S(=O)(=O)Nc1cccc(NC(=O)Nc2cccc(N(C)C)c2)c1. The summed E-state index contributed by atoms with van der Waals surface area (Å²) in [4.78, 5) is 27.1. The van der Waals surface area contributed by atoms with E-state index in [1.165, 1.54) is 31.4 Å². The second-order valence-electron chi connectivity index (χ2n) is 9.24. The van der Waals surface area contributed by atoms with E-state index in [9.17, 15) is 18.0 Å². The minimum absolute atomic E-state index is 0.0747. The van der Waals surface area contributed by atoms with Crippen molar-refractivity contribution in [3.05, 3.63) is 108 Å². The summed E-state index contributed by atoms with van der Waals surface area (Å²) in [6.45, 7) is 0.292. The molecule has 0 heterocycles. The fourth-order valence-electron chi connectivity index (χ4n) is 3.93. The molecule has 0 aliphatic carbocycles. The van der Waals surface area contributed by atoms with Crippen molar-refractivity contribution in [1.29, 1.82) is 0 Å². The second-order valence-corrected chi connectivity index (χ2v) is 10.9. The lowest BCUT2D eigenvalue weighted by atomic mass is 10.2. The second kappa shape index (κ2) is 12.9. The first-order valence-corrected chi connectivity index (χ1v) is 14.1. The van der Waals surface area contributed by atoms with Gasteiger partial charge >= 0.3 is 6.03 Å². The smallest absolute Gasteiger partial charge is 0.323 e. The van der Waals surface area contributed by atoms with Gasteiger partial charge < -0.3 is 25.6 Å². The van der Waals surface area contributed by atoms with Crippen LogP contribution in [-0.4, -0.2) is 41.6 Å². The molecule has 10 nitrogen and oxygen atoms in total. The molecule has 0 atom stereocenters. The molecule has 0 aliphatic heterocycles. The maximum Gasteiger partial charge on any atom is 0.323 e. The molecule has 0 saturated heterocycles. The fourth-order valence-corrected chi connectivity index (χ4v) is 5.18. The van der Waals surface area contributed by atoms with E-state index in [1.807, 2.05) is 67.5 Å². The number of ether oxygens (including phenoxy) is 1. The maximum absolute atomic E-state index is 13.4. The Bertz CT molecular complexity index is 1640. The van der Waals surface area contributed by atoms with Crippen LogP contribution in [0.3, 0.4) is 0 Å². The van der Waals surface area contributed by atoms with Crippen molar-refractivity contribution in [3.8, 4) is 5.75 Å². The Balaban J connectivity index is 1.47. The first kappa shape index (κ1) is 29.0. The average Bonchev–Trinajstić information content (AvgIpc) is 2.96. The van der Waals surface area contributed by atoms with Gasteiger partial charge in [0, 0.05) is 43.3 Å². The highest BCUT2D eigenvalue weighted by Gasteiger charge is 2.22. The lowest BCUT2D eigenvalue weighted by Crippen LogP contribution is -2.23. The van der Waals surface area contributed by atoms with Gasteiger partial charge in [0.05, 0.1) is 12.8 Å². The Kier molecular flexibility index (Phi) is 9.10. The standard InChI is InChI=1S/C30H31N5O5S/c1-35(2)26-14-8-12-24(19-26)33-30(37)32-23-11-7-13-25(18-23)34-41(38,39)28-17-22(15-16-27(28)40-3)29(36)31-20-21-9-5-4-6-10-21/h4-19,34H,20H2,1-3H3,(H,31,36)(H2,32,33,37). The summed E-state index contributed by atoms with van der Waals surface area (Å²) in [6.07, 6.45) is 0. The molecule has 0 fully saturated rings. The summed E-state index contributed by atoms with van der Waals surface area (Å²) in [5, 5.41) is 8.25. The van der Waals surface area contributed by atoms with Crippen molar-refractivity contribution >= 4 is 44.7 Å². The van der Waals surface area contributed by atoms with Crippen LogP contribution in [0.15, 0.2) is 102 Å². The predicted molar refractivity (Wildman–Crippen MR) is 161 cm³/mol. The first-order valence-electron chi connectivity index (χ1n) is 12.6. The number of rotatable bonds is 10. The van der Waals surface area contributed by atoms with Crippen molar-refractivity contribution in [2.45, 2.75) is 11.4 Å². The molecule has 4 aromatic carbocycles. The molecule has 0 aromatic heterocycles. The van der Waals surface area contributed by atoms with E-state index in [1.54, 1.807) is 24.3 Å². The predicted octanol–water partition coefficient (Wildman–Crippen LogP) is 5.14. The van der Waals surface area contributed by atoms with E-state index in [0.29, 0.717) is 17.9 Å². The van der Waals surface area contributed by atoms with Crippen LogP contribution in [0.25, 0.3) is 0 Å². The van der Waals surface area contributed by atoms with Crippen LogP contribution in [-0.2, 0) is 16.6 Å². The quantitative estimate of drug-likeness (QED) is 0.208. The molecule has 4 N–H and O–H groups in total. The van der Waals surface area contributed by atoms with Crippen LogP contribution in [0.5, 0.6) is 5.75 Å². The number of carbonyl (C=O) groups is 2. The van der Waals surface area contributed by atoms with Crippen molar-refractivity contribution in [2.24, 2.45) is 0 Å². The fraction of sp³-hybridized carbons (Fsp3) is 0.133. The van der Waals surface area contributed by atoms with Crippen LogP contribution < -0.4 is 30.3 Å². The van der Waals surface area contributed by atoms with Gasteiger partial charge in [0.2, 0.25) is 0 Å². The summed E-state index contributed by atoms with van der Waals surface area (Å²) in [6, 6.07) is 26.7. The summed E-state index contributed by atoms with van der Waals surface area (Å²) in [7, 11) is 0.977. The molecule has 4 rings (SSSR count). The van der Waals surface area contributed by atoms with Gasteiger partial charge in [-0.05, 0) is 60.2 Å². The van der Waals surface area contributed by atoms with Gasteiger partial charge in [0.15, 0.2) is 0 Å². The van der Waals surface area contributed by atoms with Crippen molar-refractivity contribution in [2.75, 3.05) is 41.5 Å². The molecule has 212 valence electrons. The van der Waals surface area contributed by atoms with E-state index in [0.717, 1.165) is 11.3 Å². The number of hydrogen-bond donors (Lipinski definition) is 4. The largest absolute Gasteiger partial charge is 0.495 e. The Morgan fingerprint density at radius 3 is 2.12 bits per heavy atom. The monoisotopic (exact) mass is 573 g/mol. The summed E-state index contributed by atoms with van der Waals surface area (Å²) in [5.41, 5.74) is 3.17. The first-order chi connectivity index (χ1) is 19.6. The Hall–Kier alpha value is -5.03. The number of carbonyl (C=O) groups excluding carboxylic acids is 2. The Morgan fingerprint density at radius 1 is 0.780 bits per heavy atom. The highest BCUT2D eigenvalue weighted by Crippen LogP contribution is 2.28. The van der Waals surface area contributed by atoms with Crippen molar-refractivity contribution in [3.63, 3.8) is 0 Å². The van der Waals surface area contributed by atoms with E-state index in [4.69, 9.17) is 4.74 Å². The third kappa shape index (κ3) is 7.76. The molecule has 0 radical (unpaired) electrons. The molecule has 41 heavy (non-hydrogen) atoms. The zero-order valence-corrected chi connectivity index (χ0v) is 23.7. The molecule has 0 spiro atoms. The lowest BCUT2D eigenvalue weighted by Gasteiger charge is -2.15. The summed E-state index contributed by atoms with van der Waals surface area (Å²) < 4.78 is 34.5. The molecule has 11 heteroatoms. The number of methoxy groups -OCH3 is 1. The number of amides is 3. The number of nitrogens with zero attached hydrogens (tertiary/aromatic N) is 1. The summed E-state index contributed by atoms with van der Waals surface area (Å²) in [5.74, 6) is -0.355. The molecule has 0 aliphatic rings. The van der Waals surface area contributed by atoms with E-state index in [-0.39, 0.29) is 21.9 Å². The van der Waals surface area contributed by atoms with Gasteiger partial charge in [-0.15, -0.1) is 0 Å².